The standard InChI is InChI=1S/C17H12ClF2NO2S/c1-23-8-10-15-12(20)3-2-4-14(15)24-16(10)17(22)21-13-6-5-9(19)7-11(13)18/h2-7H,8H2,1H3,(H,21,22). The van der Waals surface area contributed by atoms with Crippen LogP contribution in [0, 0.1) is 11.6 Å². The lowest BCUT2D eigenvalue weighted by atomic mass is 10.1. The number of rotatable bonds is 4. The van der Waals surface area contributed by atoms with Gasteiger partial charge in [0.25, 0.3) is 5.91 Å². The zero-order chi connectivity index (χ0) is 17.3. The molecule has 0 aliphatic rings. The van der Waals surface area contributed by atoms with Crippen molar-refractivity contribution in [1.29, 1.82) is 0 Å². The number of hydrogen-bond acceptors (Lipinski definition) is 3. The molecule has 0 radical (unpaired) electrons. The van der Waals surface area contributed by atoms with Crippen LogP contribution in [0.5, 0.6) is 0 Å². The maximum Gasteiger partial charge on any atom is 0.266 e. The molecule has 2 aromatic carbocycles. The van der Waals surface area contributed by atoms with Gasteiger partial charge in [0, 0.05) is 22.8 Å². The zero-order valence-electron chi connectivity index (χ0n) is 12.5. The van der Waals surface area contributed by atoms with Crippen LogP contribution in [-0.4, -0.2) is 13.0 Å². The molecule has 0 spiro atoms. The summed E-state index contributed by atoms with van der Waals surface area (Å²) in [6, 6.07) is 8.35. The number of carbonyl (C=O) groups excluding carboxylic acids is 1. The molecule has 124 valence electrons. The summed E-state index contributed by atoms with van der Waals surface area (Å²) in [7, 11) is 1.48. The number of methoxy groups -OCH3 is 1. The van der Waals surface area contributed by atoms with Gasteiger partial charge in [-0.2, -0.15) is 0 Å². The van der Waals surface area contributed by atoms with Gasteiger partial charge in [0.05, 0.1) is 22.2 Å². The highest BCUT2D eigenvalue weighted by atomic mass is 35.5. The van der Waals surface area contributed by atoms with E-state index in [2.05, 4.69) is 5.32 Å². The Balaban J connectivity index is 2.03. The molecule has 0 atom stereocenters. The Labute approximate surface area is 145 Å². The van der Waals surface area contributed by atoms with E-state index in [0.29, 0.717) is 20.5 Å². The summed E-state index contributed by atoms with van der Waals surface area (Å²) in [5.41, 5.74) is 0.760. The first-order valence-corrected chi connectivity index (χ1v) is 8.16. The molecule has 7 heteroatoms. The van der Waals surface area contributed by atoms with E-state index in [1.54, 1.807) is 12.1 Å². The Bertz CT molecular complexity index is 926. The molecule has 3 rings (SSSR count). The molecular weight excluding hydrogens is 356 g/mol. The molecule has 0 fully saturated rings. The molecule has 0 unspecified atom stereocenters. The summed E-state index contributed by atoms with van der Waals surface area (Å²) >= 11 is 7.10. The highest BCUT2D eigenvalue weighted by molar-refractivity contribution is 7.21. The third kappa shape index (κ3) is 3.13. The van der Waals surface area contributed by atoms with Crippen molar-refractivity contribution in [3.63, 3.8) is 0 Å². The SMILES string of the molecule is COCc1c(C(=O)Nc2ccc(F)cc2Cl)sc2cccc(F)c12. The van der Waals surface area contributed by atoms with Gasteiger partial charge in [0.15, 0.2) is 0 Å². The normalized spacial score (nSPS) is 11.0. The zero-order valence-corrected chi connectivity index (χ0v) is 14.1. The largest absolute Gasteiger partial charge is 0.380 e. The molecule has 1 N–H and O–H groups in total. The van der Waals surface area contributed by atoms with Crippen molar-refractivity contribution in [3.05, 3.63) is 63.5 Å². The van der Waals surface area contributed by atoms with Gasteiger partial charge in [0.2, 0.25) is 0 Å². The lowest BCUT2D eigenvalue weighted by Gasteiger charge is -2.08. The predicted octanol–water partition coefficient (Wildman–Crippen LogP) is 5.23. The smallest absolute Gasteiger partial charge is 0.266 e. The predicted molar refractivity (Wildman–Crippen MR) is 91.9 cm³/mol. The van der Waals surface area contributed by atoms with E-state index >= 15 is 0 Å². The van der Waals surface area contributed by atoms with Crippen LogP contribution in [0.15, 0.2) is 36.4 Å². The Kier molecular flexibility index (Phi) is 4.80. The molecule has 1 heterocycles. The van der Waals surface area contributed by atoms with Gasteiger partial charge >= 0.3 is 0 Å². The van der Waals surface area contributed by atoms with Crippen molar-refractivity contribution in [1.82, 2.24) is 0 Å². The molecule has 3 nitrogen and oxygen atoms in total. The summed E-state index contributed by atoms with van der Waals surface area (Å²) in [4.78, 5) is 12.9. The number of carbonyl (C=O) groups is 1. The Morgan fingerprint density at radius 3 is 2.79 bits per heavy atom. The van der Waals surface area contributed by atoms with Gasteiger partial charge < -0.3 is 10.1 Å². The summed E-state index contributed by atoms with van der Waals surface area (Å²) in [6.07, 6.45) is 0. The van der Waals surface area contributed by atoms with Crippen molar-refractivity contribution in [2.45, 2.75) is 6.61 Å². The van der Waals surface area contributed by atoms with Crippen LogP contribution in [0.1, 0.15) is 15.2 Å². The van der Waals surface area contributed by atoms with Crippen molar-refractivity contribution in [2.75, 3.05) is 12.4 Å². The maximum absolute atomic E-state index is 14.1. The summed E-state index contributed by atoms with van der Waals surface area (Å²) in [5.74, 6) is -1.35. The van der Waals surface area contributed by atoms with Crippen LogP contribution in [0.25, 0.3) is 10.1 Å². The second kappa shape index (κ2) is 6.84. The molecule has 24 heavy (non-hydrogen) atoms. The molecule has 0 aliphatic heterocycles. The highest BCUT2D eigenvalue weighted by Gasteiger charge is 2.21. The van der Waals surface area contributed by atoms with Gasteiger partial charge in [-0.05, 0) is 30.3 Å². The van der Waals surface area contributed by atoms with Crippen LogP contribution in [-0.2, 0) is 11.3 Å². The topological polar surface area (TPSA) is 38.3 Å². The number of amides is 1. The van der Waals surface area contributed by atoms with E-state index in [9.17, 15) is 13.6 Å². The minimum atomic E-state index is -0.498. The van der Waals surface area contributed by atoms with Crippen LogP contribution in [0.4, 0.5) is 14.5 Å². The maximum atomic E-state index is 14.1. The molecule has 0 saturated heterocycles. The lowest BCUT2D eigenvalue weighted by Crippen LogP contribution is -2.13. The third-order valence-electron chi connectivity index (χ3n) is 3.44. The number of halogens is 3. The monoisotopic (exact) mass is 367 g/mol. The first-order chi connectivity index (χ1) is 11.5. The number of nitrogens with one attached hydrogen (secondary N) is 1. The van der Waals surface area contributed by atoms with Crippen molar-refractivity contribution in [3.8, 4) is 0 Å². The summed E-state index contributed by atoms with van der Waals surface area (Å²) in [6.45, 7) is 0.0981. The van der Waals surface area contributed by atoms with E-state index in [0.717, 1.165) is 6.07 Å². The fourth-order valence-corrected chi connectivity index (χ4v) is 3.73. The Hall–Kier alpha value is -2.02. The Morgan fingerprint density at radius 2 is 2.08 bits per heavy atom. The number of fused-ring (bicyclic) bond motifs is 1. The summed E-state index contributed by atoms with van der Waals surface area (Å²) < 4.78 is 33.0. The van der Waals surface area contributed by atoms with Crippen LogP contribution < -0.4 is 5.32 Å². The summed E-state index contributed by atoms with van der Waals surface area (Å²) in [5, 5.41) is 3.09. The van der Waals surface area contributed by atoms with Crippen molar-refractivity contribution < 1.29 is 18.3 Å². The van der Waals surface area contributed by atoms with Gasteiger partial charge in [0.1, 0.15) is 11.6 Å². The fraction of sp³-hybridized carbons (Fsp3) is 0.118. The lowest BCUT2D eigenvalue weighted by molar-refractivity contribution is 0.102. The van der Waals surface area contributed by atoms with Crippen LogP contribution in [0.3, 0.4) is 0 Å². The highest BCUT2D eigenvalue weighted by Crippen LogP contribution is 2.34. The van der Waals surface area contributed by atoms with E-state index in [1.165, 1.54) is 36.6 Å². The first-order valence-electron chi connectivity index (χ1n) is 6.96. The number of anilines is 1. The third-order valence-corrected chi connectivity index (χ3v) is 4.95. The van der Waals surface area contributed by atoms with Crippen LogP contribution >= 0.6 is 22.9 Å². The van der Waals surface area contributed by atoms with E-state index in [1.807, 2.05) is 0 Å². The van der Waals surface area contributed by atoms with Gasteiger partial charge in [-0.3, -0.25) is 4.79 Å². The van der Waals surface area contributed by atoms with E-state index in [-0.39, 0.29) is 17.3 Å². The first kappa shape index (κ1) is 16.8. The second-order valence-corrected chi connectivity index (χ2v) is 6.49. The average molecular weight is 368 g/mol. The van der Waals surface area contributed by atoms with Gasteiger partial charge in [-0.15, -0.1) is 11.3 Å². The molecule has 1 aromatic heterocycles. The van der Waals surface area contributed by atoms with Crippen LogP contribution in [0.2, 0.25) is 5.02 Å². The molecule has 0 bridgehead atoms. The number of ether oxygens (including phenoxy) is 1. The molecule has 1 amide bonds. The number of thiophene rings is 1. The van der Waals surface area contributed by atoms with E-state index in [4.69, 9.17) is 16.3 Å². The molecular formula is C17H12ClF2NO2S. The molecule has 0 saturated carbocycles. The van der Waals surface area contributed by atoms with Gasteiger partial charge in [-0.1, -0.05) is 17.7 Å². The van der Waals surface area contributed by atoms with Crippen molar-refractivity contribution >= 4 is 44.6 Å². The quantitative estimate of drug-likeness (QED) is 0.685. The fourth-order valence-electron chi connectivity index (χ4n) is 2.40. The minimum Gasteiger partial charge on any atom is -0.380 e. The Morgan fingerprint density at radius 1 is 1.29 bits per heavy atom. The second-order valence-electron chi connectivity index (χ2n) is 5.03. The molecule has 3 aromatic rings. The number of hydrogen-bond donors (Lipinski definition) is 1. The van der Waals surface area contributed by atoms with Gasteiger partial charge in [-0.25, -0.2) is 8.78 Å². The minimum absolute atomic E-state index is 0.0870. The van der Waals surface area contributed by atoms with E-state index < -0.39 is 17.5 Å². The van der Waals surface area contributed by atoms with Crippen molar-refractivity contribution in [2.24, 2.45) is 0 Å². The number of benzene rings is 2. The molecule has 0 aliphatic carbocycles. The average Bonchev–Trinajstić information content (AvgIpc) is 2.91.